The summed E-state index contributed by atoms with van der Waals surface area (Å²) in [5.41, 5.74) is 0.970. The molecule has 0 amide bonds. The van der Waals surface area contributed by atoms with Crippen LogP contribution in [-0.2, 0) is 6.42 Å². The van der Waals surface area contributed by atoms with E-state index in [0.717, 1.165) is 18.4 Å². The molecular formula is C17H23NO. The van der Waals surface area contributed by atoms with Gasteiger partial charge >= 0.3 is 0 Å². The minimum absolute atomic E-state index is 0.0761. The van der Waals surface area contributed by atoms with Crippen LogP contribution < -0.4 is 0 Å². The van der Waals surface area contributed by atoms with Gasteiger partial charge in [0.2, 0.25) is 0 Å². The molecule has 1 saturated carbocycles. The molecule has 0 radical (unpaired) electrons. The molecule has 1 fully saturated rings. The highest BCUT2D eigenvalue weighted by atomic mass is 16.3. The maximum absolute atomic E-state index is 11.2. The fourth-order valence-corrected chi connectivity index (χ4v) is 3.45. The molecule has 2 rings (SSSR count). The van der Waals surface area contributed by atoms with Crippen molar-refractivity contribution < 1.29 is 5.11 Å². The van der Waals surface area contributed by atoms with Crippen molar-refractivity contribution in [3.05, 3.63) is 35.4 Å². The lowest BCUT2D eigenvalue weighted by atomic mass is 9.59. The second-order valence-corrected chi connectivity index (χ2v) is 6.59. The lowest BCUT2D eigenvalue weighted by Crippen LogP contribution is -2.54. The molecule has 0 spiro atoms. The third-order valence-electron chi connectivity index (χ3n) is 4.96. The van der Waals surface area contributed by atoms with E-state index in [4.69, 9.17) is 5.26 Å². The third kappa shape index (κ3) is 2.53. The molecule has 0 bridgehead atoms. The van der Waals surface area contributed by atoms with Gasteiger partial charge in [0.05, 0.1) is 17.2 Å². The zero-order valence-corrected chi connectivity index (χ0v) is 12.1. The summed E-state index contributed by atoms with van der Waals surface area (Å²) < 4.78 is 0. The van der Waals surface area contributed by atoms with Crippen LogP contribution in [0.3, 0.4) is 0 Å². The van der Waals surface area contributed by atoms with Crippen LogP contribution >= 0.6 is 0 Å². The summed E-state index contributed by atoms with van der Waals surface area (Å²) >= 11 is 0. The smallest absolute Gasteiger partial charge is 0.0991 e. The Morgan fingerprint density at radius 1 is 1.42 bits per heavy atom. The Morgan fingerprint density at radius 3 is 2.79 bits per heavy atom. The van der Waals surface area contributed by atoms with Crippen LogP contribution in [0, 0.1) is 22.7 Å². The van der Waals surface area contributed by atoms with Gasteiger partial charge in [0.25, 0.3) is 0 Å². The van der Waals surface area contributed by atoms with E-state index in [2.05, 4.69) is 26.8 Å². The Kier molecular flexibility index (Phi) is 3.69. The predicted molar refractivity (Wildman–Crippen MR) is 76.6 cm³/mol. The highest BCUT2D eigenvalue weighted by Gasteiger charge is 2.49. The maximum Gasteiger partial charge on any atom is 0.0991 e. The number of hydrogen-bond donors (Lipinski definition) is 1. The van der Waals surface area contributed by atoms with Crippen molar-refractivity contribution in [2.24, 2.45) is 11.3 Å². The quantitative estimate of drug-likeness (QED) is 0.878. The zero-order valence-electron chi connectivity index (χ0n) is 12.1. The van der Waals surface area contributed by atoms with E-state index in [-0.39, 0.29) is 5.41 Å². The van der Waals surface area contributed by atoms with E-state index in [0.29, 0.717) is 17.9 Å². The van der Waals surface area contributed by atoms with E-state index >= 15 is 0 Å². The van der Waals surface area contributed by atoms with Crippen molar-refractivity contribution >= 4 is 0 Å². The summed E-state index contributed by atoms with van der Waals surface area (Å²) in [5.74, 6) is 0.294. The molecule has 2 atom stereocenters. The minimum Gasteiger partial charge on any atom is -0.389 e. The normalized spacial score (nSPS) is 29.7. The number of nitriles is 1. The fraction of sp³-hybridized carbons (Fsp3) is 0.588. The first-order chi connectivity index (χ1) is 8.89. The van der Waals surface area contributed by atoms with Gasteiger partial charge in [0.15, 0.2) is 0 Å². The van der Waals surface area contributed by atoms with E-state index in [1.54, 1.807) is 0 Å². The number of benzene rings is 1. The average Bonchev–Trinajstić information content (AvgIpc) is 2.36. The molecule has 0 saturated heterocycles. The molecule has 1 aliphatic carbocycles. The molecule has 0 aromatic heterocycles. The lowest BCUT2D eigenvalue weighted by Gasteiger charge is -2.51. The Hall–Kier alpha value is -1.33. The third-order valence-corrected chi connectivity index (χ3v) is 4.96. The van der Waals surface area contributed by atoms with Crippen LogP contribution in [0.15, 0.2) is 24.3 Å². The van der Waals surface area contributed by atoms with Crippen molar-refractivity contribution in [1.29, 1.82) is 5.26 Å². The van der Waals surface area contributed by atoms with Gasteiger partial charge in [0.1, 0.15) is 0 Å². The summed E-state index contributed by atoms with van der Waals surface area (Å²) in [6, 6.07) is 9.78. The number of aliphatic hydroxyl groups is 1. The molecule has 1 aliphatic rings. The second-order valence-electron chi connectivity index (χ2n) is 6.59. The predicted octanol–water partition coefficient (Wildman–Crippen LogP) is 3.68. The topological polar surface area (TPSA) is 44.0 Å². The van der Waals surface area contributed by atoms with Crippen LogP contribution in [-0.4, -0.2) is 10.7 Å². The zero-order chi connectivity index (χ0) is 14.1. The Labute approximate surface area is 116 Å². The number of hydrogen-bond acceptors (Lipinski definition) is 2. The Bertz CT molecular complexity index is 500. The monoisotopic (exact) mass is 257 g/mol. The molecule has 0 unspecified atom stereocenters. The first kappa shape index (κ1) is 14.1. The van der Waals surface area contributed by atoms with E-state index in [1.165, 1.54) is 6.42 Å². The number of nitrogens with zero attached hydrogens (tertiary/aromatic N) is 1. The standard InChI is InChI=1S/C17H23NO/c1-13-6-5-9-16(2,3)17(13,19)11-14-7-4-8-15(10-14)12-18/h4,7-8,10,13,19H,5-6,9,11H2,1-3H3/t13-,17-/m0/s1. The largest absolute Gasteiger partial charge is 0.389 e. The summed E-state index contributed by atoms with van der Waals surface area (Å²) in [5, 5.41) is 20.2. The van der Waals surface area contributed by atoms with E-state index in [1.807, 2.05) is 24.3 Å². The Morgan fingerprint density at radius 2 is 2.16 bits per heavy atom. The first-order valence-electron chi connectivity index (χ1n) is 7.10. The van der Waals surface area contributed by atoms with Crippen LogP contribution in [0.2, 0.25) is 0 Å². The minimum atomic E-state index is -0.681. The molecule has 1 aromatic carbocycles. The molecule has 19 heavy (non-hydrogen) atoms. The van der Waals surface area contributed by atoms with Crippen molar-refractivity contribution in [3.63, 3.8) is 0 Å². The lowest BCUT2D eigenvalue weighted by molar-refractivity contribution is -0.132. The van der Waals surface area contributed by atoms with E-state index in [9.17, 15) is 5.11 Å². The highest BCUT2D eigenvalue weighted by molar-refractivity contribution is 5.33. The summed E-state index contributed by atoms with van der Waals surface area (Å²) in [6.45, 7) is 6.47. The molecule has 0 heterocycles. The van der Waals surface area contributed by atoms with Gasteiger partial charge in [0, 0.05) is 6.42 Å². The first-order valence-corrected chi connectivity index (χ1v) is 7.10. The number of rotatable bonds is 2. The van der Waals surface area contributed by atoms with E-state index < -0.39 is 5.60 Å². The summed E-state index contributed by atoms with van der Waals surface area (Å²) in [7, 11) is 0. The van der Waals surface area contributed by atoms with Gasteiger partial charge in [-0.25, -0.2) is 0 Å². The molecule has 1 N–H and O–H groups in total. The molecule has 0 aliphatic heterocycles. The summed E-state index contributed by atoms with van der Waals surface area (Å²) in [4.78, 5) is 0. The maximum atomic E-state index is 11.2. The van der Waals surface area contributed by atoms with Crippen molar-refractivity contribution in [2.45, 2.75) is 52.1 Å². The van der Waals surface area contributed by atoms with Crippen LogP contribution in [0.5, 0.6) is 0 Å². The van der Waals surface area contributed by atoms with Crippen LogP contribution in [0.4, 0.5) is 0 Å². The molecule has 102 valence electrons. The van der Waals surface area contributed by atoms with Gasteiger partial charge in [-0.3, -0.25) is 0 Å². The van der Waals surface area contributed by atoms with Crippen LogP contribution in [0.25, 0.3) is 0 Å². The average molecular weight is 257 g/mol. The van der Waals surface area contributed by atoms with Gasteiger partial charge < -0.3 is 5.11 Å². The van der Waals surface area contributed by atoms with Gasteiger partial charge in [-0.1, -0.05) is 39.3 Å². The van der Waals surface area contributed by atoms with Gasteiger partial charge in [-0.2, -0.15) is 5.26 Å². The molecular weight excluding hydrogens is 234 g/mol. The highest BCUT2D eigenvalue weighted by Crippen LogP contribution is 2.48. The second kappa shape index (κ2) is 4.98. The molecule has 2 nitrogen and oxygen atoms in total. The molecule has 2 heteroatoms. The fourth-order valence-electron chi connectivity index (χ4n) is 3.45. The van der Waals surface area contributed by atoms with Crippen molar-refractivity contribution in [1.82, 2.24) is 0 Å². The van der Waals surface area contributed by atoms with Crippen molar-refractivity contribution in [2.75, 3.05) is 0 Å². The SMILES string of the molecule is C[C@H]1CCCC(C)(C)[C@]1(O)Cc1cccc(C#N)c1. The van der Waals surface area contributed by atoms with Gasteiger partial charge in [-0.05, 0) is 41.9 Å². The summed E-state index contributed by atoms with van der Waals surface area (Å²) in [6.07, 6.45) is 3.97. The van der Waals surface area contributed by atoms with Crippen molar-refractivity contribution in [3.8, 4) is 6.07 Å². The van der Waals surface area contributed by atoms with Crippen LogP contribution in [0.1, 0.15) is 51.2 Å². The van der Waals surface area contributed by atoms with Gasteiger partial charge in [-0.15, -0.1) is 0 Å². The molecule has 1 aromatic rings. The Balaban J connectivity index is 2.31.